The molecule has 2 aromatic heterocycles. The Hall–Kier alpha value is -3.84. The van der Waals surface area contributed by atoms with Crippen LogP contribution in [0.3, 0.4) is 0 Å². The minimum atomic E-state index is -0.226. The van der Waals surface area contributed by atoms with E-state index in [0.29, 0.717) is 18.8 Å². The van der Waals surface area contributed by atoms with Gasteiger partial charge in [0.2, 0.25) is 0 Å². The predicted octanol–water partition coefficient (Wildman–Crippen LogP) is 5.17. The van der Waals surface area contributed by atoms with Crippen LogP contribution >= 0.6 is 11.3 Å². The molecule has 0 bridgehead atoms. The van der Waals surface area contributed by atoms with Crippen molar-refractivity contribution in [1.82, 2.24) is 9.80 Å². The molecule has 1 unspecified atom stereocenters. The SMILES string of the molecule is CN(Cc1ccco1)C(=O)COc1ccc2c(c1)C(c1ccccc1)N(C(=O)c1cccs1)CC2. The van der Waals surface area contributed by atoms with Crippen molar-refractivity contribution in [1.29, 1.82) is 0 Å². The second kappa shape index (κ2) is 10.2. The molecule has 2 amide bonds. The fraction of sp³-hybridized carbons (Fsp3) is 0.214. The van der Waals surface area contributed by atoms with E-state index in [2.05, 4.69) is 12.1 Å². The van der Waals surface area contributed by atoms with Crippen molar-refractivity contribution in [2.45, 2.75) is 19.0 Å². The van der Waals surface area contributed by atoms with Crippen molar-refractivity contribution in [2.75, 3.05) is 20.2 Å². The number of fused-ring (bicyclic) bond motifs is 1. The molecule has 6 nitrogen and oxygen atoms in total. The lowest BCUT2D eigenvalue weighted by Gasteiger charge is -2.37. The number of nitrogens with zero attached hydrogens (tertiary/aromatic N) is 2. The number of hydrogen-bond acceptors (Lipinski definition) is 5. The number of furan rings is 1. The Kier molecular flexibility index (Phi) is 6.68. The van der Waals surface area contributed by atoms with Crippen LogP contribution in [0.25, 0.3) is 0 Å². The van der Waals surface area contributed by atoms with Crippen molar-refractivity contribution in [2.24, 2.45) is 0 Å². The number of carbonyl (C=O) groups excluding carboxylic acids is 2. The van der Waals surface area contributed by atoms with Crippen molar-refractivity contribution < 1.29 is 18.7 Å². The van der Waals surface area contributed by atoms with Gasteiger partial charge >= 0.3 is 0 Å². The highest BCUT2D eigenvalue weighted by Crippen LogP contribution is 2.38. The van der Waals surface area contributed by atoms with Gasteiger partial charge in [0.25, 0.3) is 11.8 Å². The lowest BCUT2D eigenvalue weighted by atomic mass is 9.88. The Morgan fingerprint density at radius 3 is 2.69 bits per heavy atom. The van der Waals surface area contributed by atoms with Crippen LogP contribution in [0, 0.1) is 0 Å². The number of rotatable bonds is 7. The molecule has 0 saturated heterocycles. The van der Waals surface area contributed by atoms with Crippen LogP contribution in [0.15, 0.2) is 88.9 Å². The highest BCUT2D eigenvalue weighted by molar-refractivity contribution is 7.12. The maximum Gasteiger partial charge on any atom is 0.264 e. The van der Waals surface area contributed by atoms with Crippen molar-refractivity contribution >= 4 is 23.2 Å². The van der Waals surface area contributed by atoms with Crippen molar-refractivity contribution in [3.8, 4) is 5.75 Å². The standard InChI is InChI=1S/C28H26N2O4S/c1-29(18-23-9-5-15-33-23)26(31)19-34-22-12-11-20-13-14-30(28(32)25-10-6-16-35-25)27(24(20)17-22)21-7-3-2-4-8-21/h2-12,15-17,27H,13-14,18-19H2,1H3. The van der Waals surface area contributed by atoms with Gasteiger partial charge in [-0.15, -0.1) is 11.3 Å². The van der Waals surface area contributed by atoms with E-state index >= 15 is 0 Å². The largest absolute Gasteiger partial charge is 0.484 e. The molecule has 0 aliphatic carbocycles. The molecule has 0 N–H and O–H groups in total. The van der Waals surface area contributed by atoms with Gasteiger partial charge in [-0.3, -0.25) is 9.59 Å². The minimum Gasteiger partial charge on any atom is -0.484 e. The van der Waals surface area contributed by atoms with E-state index in [1.165, 1.54) is 16.9 Å². The molecule has 1 aliphatic heterocycles. The van der Waals surface area contributed by atoms with Crippen LogP contribution in [-0.2, 0) is 17.8 Å². The Labute approximate surface area is 208 Å². The van der Waals surface area contributed by atoms with Gasteiger partial charge in [-0.2, -0.15) is 0 Å². The van der Waals surface area contributed by atoms with E-state index in [0.717, 1.165) is 28.2 Å². The highest BCUT2D eigenvalue weighted by atomic mass is 32.1. The zero-order valence-corrected chi connectivity index (χ0v) is 20.2. The first-order valence-corrected chi connectivity index (χ1v) is 12.4. The van der Waals surface area contributed by atoms with E-state index < -0.39 is 0 Å². The average Bonchev–Trinajstić information content (AvgIpc) is 3.61. The van der Waals surface area contributed by atoms with Gasteiger partial charge in [-0.05, 0) is 58.8 Å². The van der Waals surface area contributed by atoms with Crippen molar-refractivity contribution in [3.05, 3.63) is 112 Å². The average molecular weight is 487 g/mol. The first kappa shape index (κ1) is 22.9. The van der Waals surface area contributed by atoms with Gasteiger partial charge in [-0.1, -0.05) is 42.5 Å². The molecule has 1 aliphatic rings. The van der Waals surface area contributed by atoms with Gasteiger partial charge in [0.1, 0.15) is 11.5 Å². The van der Waals surface area contributed by atoms with Crippen LogP contribution in [0.4, 0.5) is 0 Å². The van der Waals surface area contributed by atoms with E-state index in [9.17, 15) is 9.59 Å². The zero-order chi connectivity index (χ0) is 24.2. The summed E-state index contributed by atoms with van der Waals surface area (Å²) in [6.07, 6.45) is 2.35. The first-order valence-electron chi connectivity index (χ1n) is 11.5. The number of amides is 2. The quantitative estimate of drug-likeness (QED) is 0.362. The molecule has 7 heteroatoms. The van der Waals surface area contributed by atoms with Crippen LogP contribution in [0.1, 0.15) is 38.2 Å². The normalized spacial score (nSPS) is 14.9. The summed E-state index contributed by atoms with van der Waals surface area (Å²) in [5.74, 6) is 1.21. The first-order chi connectivity index (χ1) is 17.1. The van der Waals surface area contributed by atoms with E-state index in [1.807, 2.05) is 64.9 Å². The molecule has 5 rings (SSSR count). The lowest BCUT2D eigenvalue weighted by molar-refractivity contribution is -0.132. The Morgan fingerprint density at radius 2 is 1.94 bits per heavy atom. The second-order valence-electron chi connectivity index (χ2n) is 8.52. The Bertz CT molecular complexity index is 1290. The molecule has 0 saturated carbocycles. The summed E-state index contributed by atoms with van der Waals surface area (Å²) >= 11 is 1.46. The summed E-state index contributed by atoms with van der Waals surface area (Å²) in [6.45, 7) is 0.943. The molecular weight excluding hydrogens is 460 g/mol. The maximum absolute atomic E-state index is 13.4. The minimum absolute atomic E-state index is 0.0283. The number of likely N-dealkylation sites (N-methyl/N-ethyl adjacent to an activating group) is 1. The summed E-state index contributed by atoms with van der Waals surface area (Å²) in [5.41, 5.74) is 3.26. The van der Waals surface area contributed by atoms with Crippen LogP contribution in [0.2, 0.25) is 0 Å². The molecule has 35 heavy (non-hydrogen) atoms. The smallest absolute Gasteiger partial charge is 0.264 e. The second-order valence-corrected chi connectivity index (χ2v) is 9.47. The summed E-state index contributed by atoms with van der Waals surface area (Å²) < 4.78 is 11.2. The van der Waals surface area contributed by atoms with Gasteiger partial charge in [-0.25, -0.2) is 0 Å². The van der Waals surface area contributed by atoms with E-state index in [-0.39, 0.29) is 24.5 Å². The summed E-state index contributed by atoms with van der Waals surface area (Å²) in [5, 5.41) is 1.93. The van der Waals surface area contributed by atoms with E-state index in [4.69, 9.17) is 9.15 Å². The van der Waals surface area contributed by atoms with Crippen LogP contribution < -0.4 is 4.74 Å². The predicted molar refractivity (Wildman–Crippen MR) is 134 cm³/mol. The molecule has 1 atom stereocenters. The molecular formula is C28H26N2O4S. The van der Waals surface area contributed by atoms with Crippen molar-refractivity contribution in [3.63, 3.8) is 0 Å². The summed E-state index contributed by atoms with van der Waals surface area (Å²) in [6, 6.07) is 23.2. The molecule has 0 spiro atoms. The van der Waals surface area contributed by atoms with Gasteiger partial charge < -0.3 is 19.0 Å². The number of benzene rings is 2. The third-order valence-corrected chi connectivity index (χ3v) is 7.07. The van der Waals surface area contributed by atoms with Crippen LogP contribution in [-0.4, -0.2) is 41.8 Å². The topological polar surface area (TPSA) is 63.0 Å². The summed E-state index contributed by atoms with van der Waals surface area (Å²) in [7, 11) is 1.72. The van der Waals surface area contributed by atoms with Crippen LogP contribution in [0.5, 0.6) is 5.75 Å². The fourth-order valence-corrected chi connectivity index (χ4v) is 5.10. The highest BCUT2D eigenvalue weighted by Gasteiger charge is 2.33. The van der Waals surface area contributed by atoms with Gasteiger partial charge in [0.05, 0.1) is 23.7 Å². The third-order valence-electron chi connectivity index (χ3n) is 6.21. The molecule has 2 aromatic carbocycles. The Balaban J connectivity index is 1.38. The lowest BCUT2D eigenvalue weighted by Crippen LogP contribution is -2.40. The number of thiophene rings is 1. The molecule has 0 fully saturated rings. The van der Waals surface area contributed by atoms with Gasteiger partial charge in [0.15, 0.2) is 6.61 Å². The summed E-state index contributed by atoms with van der Waals surface area (Å²) in [4.78, 5) is 30.2. The maximum atomic E-state index is 13.4. The zero-order valence-electron chi connectivity index (χ0n) is 19.4. The molecule has 4 aromatic rings. The monoisotopic (exact) mass is 486 g/mol. The number of hydrogen-bond donors (Lipinski definition) is 0. The molecule has 178 valence electrons. The van der Waals surface area contributed by atoms with Gasteiger partial charge in [0, 0.05) is 13.6 Å². The number of ether oxygens (including phenoxy) is 1. The third kappa shape index (κ3) is 5.00. The molecule has 0 radical (unpaired) electrons. The molecule has 3 heterocycles. The fourth-order valence-electron chi connectivity index (χ4n) is 4.42. The Morgan fingerprint density at radius 1 is 1.09 bits per heavy atom. The van der Waals surface area contributed by atoms with E-state index in [1.54, 1.807) is 24.3 Å². The number of carbonyl (C=O) groups is 2.